The third kappa shape index (κ3) is 4.34. The molecule has 2 aromatic heterocycles. The number of halogens is 2. The first-order valence-corrected chi connectivity index (χ1v) is 12.6. The number of carbonyl (C=O) groups is 1. The van der Waals surface area contributed by atoms with E-state index in [2.05, 4.69) is 47.9 Å². The van der Waals surface area contributed by atoms with Gasteiger partial charge in [-0.1, -0.05) is 45.0 Å². The predicted molar refractivity (Wildman–Crippen MR) is 137 cm³/mol. The van der Waals surface area contributed by atoms with E-state index in [1.165, 1.54) is 18.0 Å². The molecule has 1 amide bonds. The van der Waals surface area contributed by atoms with Gasteiger partial charge in [0, 0.05) is 55.3 Å². The van der Waals surface area contributed by atoms with Crippen molar-refractivity contribution in [3.05, 3.63) is 77.4 Å². The van der Waals surface area contributed by atoms with Gasteiger partial charge in [-0.3, -0.25) is 9.78 Å². The Morgan fingerprint density at radius 3 is 2.41 bits per heavy atom. The Bertz CT molecular complexity index is 1290. The summed E-state index contributed by atoms with van der Waals surface area (Å²) < 4.78 is 26.6. The molecule has 3 aromatic rings. The Morgan fingerprint density at radius 1 is 1.11 bits per heavy atom. The van der Waals surface area contributed by atoms with Crippen LogP contribution >= 0.6 is 0 Å². The number of benzene rings is 1. The van der Waals surface area contributed by atoms with E-state index in [9.17, 15) is 18.7 Å². The van der Waals surface area contributed by atoms with Crippen molar-refractivity contribution in [2.75, 3.05) is 31.6 Å². The fraction of sp³-hybridized carbons (Fsp3) is 0.464. The number of anilines is 1. The maximum atomic E-state index is 13.0. The third-order valence-electron chi connectivity index (χ3n) is 7.98. The standard InChI is InChI=1S/C28H33F2N5O2/c1-18(2)19-5-7-22(8-6-19)28(37,27(3)16-33(4)17-27)23-10-24(13-31-12-23)34-14-20(9-25(34)36)21-11-32-35(15-21)26(29)30/h5-8,10-13,15,18,20,26,37H,9,14,16-17H2,1-4H3/t20?,28-/m0/s1. The lowest BCUT2D eigenvalue weighted by Gasteiger charge is -2.56. The zero-order valence-electron chi connectivity index (χ0n) is 21.6. The largest absolute Gasteiger partial charge is 0.380 e. The number of aliphatic hydroxyl groups is 1. The van der Waals surface area contributed by atoms with E-state index in [0.29, 0.717) is 47.0 Å². The molecule has 196 valence electrons. The van der Waals surface area contributed by atoms with Crippen molar-refractivity contribution < 1.29 is 18.7 Å². The molecule has 2 saturated heterocycles. The Morgan fingerprint density at radius 2 is 1.81 bits per heavy atom. The van der Waals surface area contributed by atoms with Crippen LogP contribution in [0, 0.1) is 5.41 Å². The Balaban J connectivity index is 1.49. The van der Waals surface area contributed by atoms with E-state index in [1.807, 2.05) is 25.2 Å². The molecule has 37 heavy (non-hydrogen) atoms. The minimum absolute atomic E-state index is 0.117. The van der Waals surface area contributed by atoms with Crippen LogP contribution in [-0.4, -0.2) is 57.4 Å². The Labute approximate surface area is 215 Å². The van der Waals surface area contributed by atoms with Gasteiger partial charge in [0.05, 0.1) is 18.1 Å². The van der Waals surface area contributed by atoms with Crippen LogP contribution in [0.15, 0.2) is 55.1 Å². The van der Waals surface area contributed by atoms with Crippen LogP contribution in [0.2, 0.25) is 0 Å². The second kappa shape index (κ2) is 9.29. The summed E-state index contributed by atoms with van der Waals surface area (Å²) in [6.45, 7) is 5.37. The van der Waals surface area contributed by atoms with Crippen molar-refractivity contribution in [3.8, 4) is 0 Å². The third-order valence-corrected chi connectivity index (χ3v) is 7.98. The average Bonchev–Trinajstić information content (AvgIpc) is 3.50. The maximum absolute atomic E-state index is 13.0. The van der Waals surface area contributed by atoms with Gasteiger partial charge in [0.15, 0.2) is 0 Å². The van der Waals surface area contributed by atoms with E-state index in [1.54, 1.807) is 17.3 Å². The van der Waals surface area contributed by atoms with Crippen LogP contribution in [0.25, 0.3) is 0 Å². The van der Waals surface area contributed by atoms with E-state index in [4.69, 9.17) is 0 Å². The number of hydrogen-bond donors (Lipinski definition) is 1. The summed E-state index contributed by atoms with van der Waals surface area (Å²) in [5.74, 6) is 0.0107. The monoisotopic (exact) mass is 509 g/mol. The molecule has 1 unspecified atom stereocenters. The summed E-state index contributed by atoms with van der Waals surface area (Å²) in [6.07, 6.45) is 6.19. The lowest BCUT2D eigenvalue weighted by molar-refractivity contribution is -0.127. The number of pyridine rings is 1. The van der Waals surface area contributed by atoms with Crippen LogP contribution in [-0.2, 0) is 10.4 Å². The van der Waals surface area contributed by atoms with Gasteiger partial charge in [-0.2, -0.15) is 13.9 Å². The predicted octanol–water partition coefficient (Wildman–Crippen LogP) is 4.50. The summed E-state index contributed by atoms with van der Waals surface area (Å²) in [6, 6.07) is 9.94. The van der Waals surface area contributed by atoms with Crippen molar-refractivity contribution in [2.24, 2.45) is 5.41 Å². The number of carbonyl (C=O) groups excluding carboxylic acids is 1. The van der Waals surface area contributed by atoms with Gasteiger partial charge in [-0.15, -0.1) is 0 Å². The van der Waals surface area contributed by atoms with Gasteiger partial charge >= 0.3 is 6.55 Å². The summed E-state index contributed by atoms with van der Waals surface area (Å²) in [4.78, 5) is 21.2. The molecule has 0 spiro atoms. The summed E-state index contributed by atoms with van der Waals surface area (Å²) in [5, 5.41) is 16.2. The Kier molecular flexibility index (Phi) is 6.40. The van der Waals surface area contributed by atoms with E-state index in [-0.39, 0.29) is 18.2 Å². The first kappa shape index (κ1) is 25.5. The molecule has 9 heteroatoms. The molecule has 0 saturated carbocycles. The highest BCUT2D eigenvalue weighted by molar-refractivity contribution is 5.96. The van der Waals surface area contributed by atoms with Gasteiger partial charge in [0.2, 0.25) is 5.91 Å². The molecule has 5 rings (SSSR count). The van der Waals surface area contributed by atoms with Gasteiger partial charge in [0.1, 0.15) is 5.60 Å². The summed E-state index contributed by atoms with van der Waals surface area (Å²) in [7, 11) is 2.03. The fourth-order valence-electron chi connectivity index (χ4n) is 5.97. The minimum Gasteiger partial charge on any atom is -0.380 e. The van der Waals surface area contributed by atoms with Crippen LogP contribution in [0.5, 0.6) is 0 Å². The molecule has 2 fully saturated rings. The number of nitrogens with zero attached hydrogens (tertiary/aromatic N) is 5. The number of hydrogen-bond acceptors (Lipinski definition) is 5. The number of rotatable bonds is 7. The lowest BCUT2D eigenvalue weighted by Crippen LogP contribution is -2.63. The molecule has 7 nitrogen and oxygen atoms in total. The van der Waals surface area contributed by atoms with Crippen LogP contribution < -0.4 is 4.90 Å². The van der Waals surface area contributed by atoms with Crippen molar-refractivity contribution in [1.82, 2.24) is 19.7 Å². The molecule has 1 aromatic carbocycles. The Hall–Kier alpha value is -3.17. The molecule has 2 atom stereocenters. The zero-order chi connectivity index (χ0) is 26.5. The van der Waals surface area contributed by atoms with Crippen molar-refractivity contribution >= 4 is 11.6 Å². The molecule has 1 N–H and O–H groups in total. The number of alkyl halides is 2. The fourth-order valence-corrected chi connectivity index (χ4v) is 5.97. The molecule has 2 aliphatic heterocycles. The van der Waals surface area contributed by atoms with Gasteiger partial charge in [-0.25, -0.2) is 4.68 Å². The highest BCUT2D eigenvalue weighted by Gasteiger charge is 2.55. The van der Waals surface area contributed by atoms with Crippen molar-refractivity contribution in [1.29, 1.82) is 0 Å². The topological polar surface area (TPSA) is 74.5 Å². The minimum atomic E-state index is -2.72. The first-order chi connectivity index (χ1) is 17.5. The second-order valence-electron chi connectivity index (χ2n) is 11.1. The number of aromatic nitrogens is 3. The smallest absolute Gasteiger partial charge is 0.333 e. The molecule has 0 bridgehead atoms. The van der Waals surface area contributed by atoms with Crippen molar-refractivity contribution in [2.45, 2.75) is 51.2 Å². The maximum Gasteiger partial charge on any atom is 0.333 e. The van der Waals surface area contributed by atoms with Crippen LogP contribution in [0.1, 0.15) is 67.8 Å². The number of amides is 1. The van der Waals surface area contributed by atoms with Gasteiger partial charge < -0.3 is 14.9 Å². The second-order valence-corrected chi connectivity index (χ2v) is 11.1. The molecule has 2 aliphatic rings. The van der Waals surface area contributed by atoms with Gasteiger partial charge in [-0.05, 0) is 35.7 Å². The molecule has 4 heterocycles. The van der Waals surface area contributed by atoms with Crippen LogP contribution in [0.4, 0.5) is 14.5 Å². The van der Waals surface area contributed by atoms with Gasteiger partial charge in [0.25, 0.3) is 0 Å². The molecule has 0 radical (unpaired) electrons. The number of likely N-dealkylation sites (tertiary alicyclic amines) is 1. The SMILES string of the molecule is CC(C)c1ccc([C@](O)(c2cncc(N3CC(c4cnn(C(F)F)c4)CC3=O)c2)C2(C)CN(C)C2)cc1. The normalized spacial score (nSPS) is 21.5. The van der Waals surface area contributed by atoms with E-state index in [0.717, 1.165) is 5.56 Å². The zero-order valence-corrected chi connectivity index (χ0v) is 21.6. The van der Waals surface area contributed by atoms with Crippen molar-refractivity contribution in [3.63, 3.8) is 0 Å². The first-order valence-electron chi connectivity index (χ1n) is 12.6. The summed E-state index contributed by atoms with van der Waals surface area (Å²) >= 11 is 0. The quantitative estimate of drug-likeness (QED) is 0.508. The summed E-state index contributed by atoms with van der Waals surface area (Å²) in [5.41, 5.74) is 2.02. The molecule has 0 aliphatic carbocycles. The lowest BCUT2D eigenvalue weighted by atomic mass is 9.62. The molecular formula is C28H33F2N5O2. The van der Waals surface area contributed by atoms with Crippen LogP contribution in [0.3, 0.4) is 0 Å². The van der Waals surface area contributed by atoms with E-state index < -0.39 is 17.6 Å². The highest BCUT2D eigenvalue weighted by Crippen LogP contribution is 2.50. The highest BCUT2D eigenvalue weighted by atomic mass is 19.3. The molecular weight excluding hydrogens is 476 g/mol. The average molecular weight is 510 g/mol. The van der Waals surface area contributed by atoms with E-state index >= 15 is 0 Å².